The normalized spacial score (nSPS) is 23.7. The molecule has 0 aromatic carbocycles. The van der Waals surface area contributed by atoms with Gasteiger partial charge in [-0.2, -0.15) is 0 Å². The summed E-state index contributed by atoms with van der Waals surface area (Å²) in [6, 6.07) is 0. The second-order valence-corrected chi connectivity index (χ2v) is 7.44. The highest BCUT2D eigenvalue weighted by molar-refractivity contribution is 7.99. The smallest absolute Gasteiger partial charge is 0.0603 e. The average molecular weight is 316 g/mol. The van der Waals surface area contributed by atoms with E-state index in [1.807, 2.05) is 11.8 Å². The lowest BCUT2D eigenvalue weighted by atomic mass is 10.0. The van der Waals surface area contributed by atoms with E-state index in [0.717, 1.165) is 11.6 Å². The first kappa shape index (κ1) is 17.5. The number of piperidine rings is 2. The van der Waals surface area contributed by atoms with Gasteiger partial charge in [-0.3, -0.25) is 0 Å². The number of rotatable bonds is 8. The Bertz CT molecular complexity index is 264. The Balaban J connectivity index is 1.57. The predicted octanol–water partition coefficient (Wildman–Crippen LogP) is 1.99. The van der Waals surface area contributed by atoms with Crippen LogP contribution < -0.4 is 5.73 Å². The Hall–Kier alpha value is 0.190. The summed E-state index contributed by atoms with van der Waals surface area (Å²) in [5.41, 5.74) is 5.52. The zero-order valence-corrected chi connectivity index (χ0v) is 14.5. The SMILES string of the molecule is CCCN1CCC(OC2CCN(CCSCN)CC2)CC1. The van der Waals surface area contributed by atoms with E-state index < -0.39 is 0 Å². The van der Waals surface area contributed by atoms with Crippen molar-refractivity contribution in [2.45, 2.75) is 51.2 Å². The monoisotopic (exact) mass is 315 g/mol. The van der Waals surface area contributed by atoms with Crippen molar-refractivity contribution >= 4 is 11.8 Å². The van der Waals surface area contributed by atoms with Gasteiger partial charge < -0.3 is 20.3 Å². The quantitative estimate of drug-likeness (QED) is 0.548. The minimum Gasteiger partial charge on any atom is -0.375 e. The molecule has 21 heavy (non-hydrogen) atoms. The van der Waals surface area contributed by atoms with Crippen LogP contribution in [-0.2, 0) is 4.74 Å². The molecular weight excluding hydrogens is 282 g/mol. The Kier molecular flexibility index (Phi) is 8.40. The molecule has 2 fully saturated rings. The van der Waals surface area contributed by atoms with Crippen LogP contribution in [0.3, 0.4) is 0 Å². The molecule has 0 spiro atoms. The zero-order valence-electron chi connectivity index (χ0n) is 13.6. The summed E-state index contributed by atoms with van der Waals surface area (Å²) < 4.78 is 6.35. The molecule has 124 valence electrons. The average Bonchev–Trinajstić information content (AvgIpc) is 2.51. The molecule has 5 heteroatoms. The van der Waals surface area contributed by atoms with Gasteiger partial charge in [-0.15, -0.1) is 11.8 Å². The van der Waals surface area contributed by atoms with Crippen LogP contribution in [-0.4, -0.2) is 72.9 Å². The van der Waals surface area contributed by atoms with E-state index in [2.05, 4.69) is 16.7 Å². The van der Waals surface area contributed by atoms with Gasteiger partial charge in [0.2, 0.25) is 0 Å². The minimum absolute atomic E-state index is 0.506. The number of ether oxygens (including phenoxy) is 1. The number of likely N-dealkylation sites (tertiary alicyclic amines) is 2. The van der Waals surface area contributed by atoms with Gasteiger partial charge in [0.05, 0.1) is 12.2 Å². The minimum atomic E-state index is 0.506. The van der Waals surface area contributed by atoms with Gasteiger partial charge in [0.15, 0.2) is 0 Å². The maximum atomic E-state index is 6.35. The van der Waals surface area contributed by atoms with Crippen LogP contribution in [0.5, 0.6) is 0 Å². The summed E-state index contributed by atoms with van der Waals surface area (Å²) in [6.45, 7) is 9.56. The summed E-state index contributed by atoms with van der Waals surface area (Å²) in [5, 5.41) is 0. The molecule has 4 nitrogen and oxygen atoms in total. The van der Waals surface area contributed by atoms with E-state index in [-0.39, 0.29) is 0 Å². The molecule has 0 bridgehead atoms. The molecule has 0 unspecified atom stereocenters. The molecule has 0 atom stereocenters. The van der Waals surface area contributed by atoms with Gasteiger partial charge in [-0.25, -0.2) is 0 Å². The first-order valence-corrected chi connectivity index (χ1v) is 9.85. The Morgan fingerprint density at radius 3 is 1.95 bits per heavy atom. The summed E-state index contributed by atoms with van der Waals surface area (Å²) in [7, 11) is 0. The maximum absolute atomic E-state index is 6.35. The topological polar surface area (TPSA) is 41.7 Å². The van der Waals surface area contributed by atoms with E-state index in [1.54, 1.807) is 0 Å². The van der Waals surface area contributed by atoms with Gasteiger partial charge in [0.1, 0.15) is 0 Å². The van der Waals surface area contributed by atoms with Gasteiger partial charge in [-0.1, -0.05) is 6.92 Å². The molecule has 2 saturated heterocycles. The lowest BCUT2D eigenvalue weighted by molar-refractivity contribution is -0.0643. The van der Waals surface area contributed by atoms with E-state index in [9.17, 15) is 0 Å². The summed E-state index contributed by atoms with van der Waals surface area (Å²) >= 11 is 1.84. The third kappa shape index (κ3) is 6.45. The highest BCUT2D eigenvalue weighted by atomic mass is 32.2. The van der Waals surface area contributed by atoms with Crippen LogP contribution in [0.15, 0.2) is 0 Å². The van der Waals surface area contributed by atoms with Crippen molar-refractivity contribution in [3.63, 3.8) is 0 Å². The van der Waals surface area contributed by atoms with Gasteiger partial charge in [0, 0.05) is 44.4 Å². The van der Waals surface area contributed by atoms with Gasteiger partial charge in [-0.05, 0) is 38.6 Å². The third-order valence-corrected chi connectivity index (χ3v) is 5.37. The molecule has 2 heterocycles. The molecule has 2 rings (SSSR count). The van der Waals surface area contributed by atoms with Gasteiger partial charge >= 0.3 is 0 Å². The highest BCUT2D eigenvalue weighted by Crippen LogP contribution is 2.21. The molecule has 0 saturated carbocycles. The van der Waals surface area contributed by atoms with Crippen LogP contribution in [0, 0.1) is 0 Å². The van der Waals surface area contributed by atoms with Crippen molar-refractivity contribution in [3.05, 3.63) is 0 Å². The van der Waals surface area contributed by atoms with E-state index in [0.29, 0.717) is 12.2 Å². The molecule has 0 aliphatic carbocycles. The van der Waals surface area contributed by atoms with Crippen molar-refractivity contribution in [1.29, 1.82) is 0 Å². The van der Waals surface area contributed by atoms with Crippen molar-refractivity contribution in [2.75, 3.05) is 50.9 Å². The highest BCUT2D eigenvalue weighted by Gasteiger charge is 2.25. The number of nitrogens with two attached hydrogens (primary N) is 1. The number of hydrogen-bond donors (Lipinski definition) is 1. The zero-order chi connectivity index (χ0) is 14.9. The Morgan fingerprint density at radius 2 is 1.48 bits per heavy atom. The number of nitrogens with zero attached hydrogens (tertiary/aromatic N) is 2. The van der Waals surface area contributed by atoms with Crippen molar-refractivity contribution < 1.29 is 4.74 Å². The van der Waals surface area contributed by atoms with Crippen LogP contribution in [0.2, 0.25) is 0 Å². The maximum Gasteiger partial charge on any atom is 0.0603 e. The number of thioether (sulfide) groups is 1. The molecular formula is C16H33N3OS. The van der Waals surface area contributed by atoms with Crippen molar-refractivity contribution in [3.8, 4) is 0 Å². The summed E-state index contributed by atoms with van der Waals surface area (Å²) in [6.07, 6.45) is 7.17. The molecule has 0 radical (unpaired) electrons. The molecule has 0 aromatic rings. The second kappa shape index (κ2) is 10.1. The van der Waals surface area contributed by atoms with Crippen LogP contribution >= 0.6 is 11.8 Å². The fraction of sp³-hybridized carbons (Fsp3) is 1.00. The molecule has 2 N–H and O–H groups in total. The van der Waals surface area contributed by atoms with Crippen LogP contribution in [0.4, 0.5) is 0 Å². The molecule has 0 amide bonds. The third-order valence-electron chi connectivity index (χ3n) is 4.66. The van der Waals surface area contributed by atoms with Crippen LogP contribution in [0.25, 0.3) is 0 Å². The molecule has 0 aromatic heterocycles. The lowest BCUT2D eigenvalue weighted by Crippen LogP contribution is -2.42. The van der Waals surface area contributed by atoms with Crippen molar-refractivity contribution in [2.24, 2.45) is 5.73 Å². The summed E-state index contributed by atoms with van der Waals surface area (Å²) in [5.74, 6) is 1.91. The lowest BCUT2D eigenvalue weighted by Gasteiger charge is -2.37. The number of hydrogen-bond acceptors (Lipinski definition) is 5. The van der Waals surface area contributed by atoms with Gasteiger partial charge in [0.25, 0.3) is 0 Å². The first-order chi connectivity index (χ1) is 10.3. The Labute approximate surface area is 134 Å². The van der Waals surface area contributed by atoms with E-state index in [4.69, 9.17) is 10.5 Å². The molecule has 2 aliphatic heterocycles. The van der Waals surface area contributed by atoms with Crippen molar-refractivity contribution in [1.82, 2.24) is 9.80 Å². The van der Waals surface area contributed by atoms with Crippen LogP contribution in [0.1, 0.15) is 39.0 Å². The first-order valence-electron chi connectivity index (χ1n) is 8.69. The largest absolute Gasteiger partial charge is 0.375 e. The fourth-order valence-electron chi connectivity index (χ4n) is 3.40. The predicted molar refractivity (Wildman–Crippen MR) is 91.8 cm³/mol. The van der Waals surface area contributed by atoms with E-state index in [1.165, 1.54) is 71.4 Å². The van der Waals surface area contributed by atoms with E-state index >= 15 is 0 Å². The summed E-state index contributed by atoms with van der Waals surface area (Å²) in [4.78, 5) is 5.14. The second-order valence-electron chi connectivity index (χ2n) is 6.29. The molecule has 2 aliphatic rings. The fourth-order valence-corrected chi connectivity index (χ4v) is 3.96. The standard InChI is InChI=1S/C16H33N3OS/c1-2-7-18-8-3-15(4-9-18)20-16-5-10-19(11-6-16)12-13-21-14-17/h15-16H,2-14,17H2,1H3. The Morgan fingerprint density at radius 1 is 0.952 bits per heavy atom.